The molecule has 1 unspecified atom stereocenters. The molecular formula is C22H23F4NO. The number of ether oxygens (including phenoxy) is 1. The number of rotatable bonds is 4. The molecule has 0 fully saturated rings. The molecule has 0 radical (unpaired) electrons. The van der Waals surface area contributed by atoms with E-state index in [4.69, 9.17) is 4.74 Å². The third-order valence-electron chi connectivity index (χ3n) is 5.45. The summed E-state index contributed by atoms with van der Waals surface area (Å²) in [4.78, 5) is 2.08. The first-order chi connectivity index (χ1) is 13.2. The Morgan fingerprint density at radius 2 is 1.86 bits per heavy atom. The Balaban J connectivity index is 2.20. The standard InChI is InChI=1S/C22H23F4NO/c1-5-20-21(3,13-14-11-15(23)7-9-17(14)22(24,25)26)18-12-16(28-4)8-10-19(18)27(20)6-2/h5,7-12H,6,13H2,1-4H3/b20-5-. The summed E-state index contributed by atoms with van der Waals surface area (Å²) in [5, 5.41) is 0. The predicted octanol–water partition coefficient (Wildman–Crippen LogP) is 6.10. The van der Waals surface area contributed by atoms with Crippen LogP contribution >= 0.6 is 0 Å². The first kappa shape index (κ1) is 20.2. The largest absolute Gasteiger partial charge is 0.497 e. The minimum atomic E-state index is -4.55. The second-order valence-corrected chi connectivity index (χ2v) is 7.11. The van der Waals surface area contributed by atoms with Gasteiger partial charge in [-0.25, -0.2) is 4.39 Å². The molecule has 6 heteroatoms. The molecule has 0 bridgehead atoms. The molecule has 1 atom stereocenters. The molecule has 3 rings (SSSR count). The Morgan fingerprint density at radius 1 is 1.14 bits per heavy atom. The fourth-order valence-electron chi connectivity index (χ4n) is 4.25. The van der Waals surface area contributed by atoms with E-state index >= 15 is 0 Å². The zero-order valence-corrected chi connectivity index (χ0v) is 16.3. The number of methoxy groups -OCH3 is 1. The molecule has 0 spiro atoms. The van der Waals surface area contributed by atoms with Crippen molar-refractivity contribution < 1.29 is 22.3 Å². The van der Waals surface area contributed by atoms with Gasteiger partial charge in [0.15, 0.2) is 0 Å². The third kappa shape index (κ3) is 3.25. The van der Waals surface area contributed by atoms with Gasteiger partial charge in [-0.3, -0.25) is 0 Å². The molecule has 1 aliphatic rings. The van der Waals surface area contributed by atoms with E-state index in [1.807, 2.05) is 45.0 Å². The van der Waals surface area contributed by atoms with Crippen molar-refractivity contribution in [3.63, 3.8) is 0 Å². The third-order valence-corrected chi connectivity index (χ3v) is 5.45. The van der Waals surface area contributed by atoms with Gasteiger partial charge >= 0.3 is 6.18 Å². The van der Waals surface area contributed by atoms with Gasteiger partial charge in [-0.15, -0.1) is 0 Å². The molecule has 28 heavy (non-hydrogen) atoms. The summed E-state index contributed by atoms with van der Waals surface area (Å²) in [6.07, 6.45) is -2.60. The maximum absolute atomic E-state index is 13.9. The second kappa shape index (κ2) is 7.15. The molecule has 0 aliphatic carbocycles. The molecule has 0 N–H and O–H groups in total. The summed E-state index contributed by atoms with van der Waals surface area (Å²) in [5.74, 6) is -0.0430. The molecule has 2 nitrogen and oxygen atoms in total. The van der Waals surface area contributed by atoms with Crippen LogP contribution in [0.25, 0.3) is 0 Å². The number of alkyl halides is 3. The average Bonchev–Trinajstić information content (AvgIpc) is 2.87. The van der Waals surface area contributed by atoms with E-state index in [0.717, 1.165) is 35.1 Å². The molecule has 0 aromatic heterocycles. The number of nitrogens with zero attached hydrogens (tertiary/aromatic N) is 1. The Kier molecular flexibility index (Phi) is 5.17. The predicted molar refractivity (Wildman–Crippen MR) is 102 cm³/mol. The van der Waals surface area contributed by atoms with Crippen LogP contribution in [0.2, 0.25) is 0 Å². The summed E-state index contributed by atoms with van der Waals surface area (Å²) in [6, 6.07) is 8.29. The topological polar surface area (TPSA) is 12.5 Å². The van der Waals surface area contributed by atoms with Crippen molar-refractivity contribution in [2.45, 2.75) is 38.8 Å². The average molecular weight is 393 g/mol. The Bertz CT molecular complexity index is 919. The summed E-state index contributed by atoms with van der Waals surface area (Å²) in [6.45, 7) is 6.44. The maximum atomic E-state index is 13.9. The number of anilines is 1. The van der Waals surface area contributed by atoms with Crippen molar-refractivity contribution in [1.29, 1.82) is 0 Å². The molecule has 0 saturated heterocycles. The smallest absolute Gasteiger partial charge is 0.416 e. The van der Waals surface area contributed by atoms with Crippen molar-refractivity contribution >= 4 is 5.69 Å². The van der Waals surface area contributed by atoms with Crippen molar-refractivity contribution in [3.05, 3.63) is 70.7 Å². The van der Waals surface area contributed by atoms with Crippen molar-refractivity contribution in [1.82, 2.24) is 0 Å². The lowest BCUT2D eigenvalue weighted by Crippen LogP contribution is -2.31. The number of allylic oxidation sites excluding steroid dienone is 2. The van der Waals surface area contributed by atoms with Crippen molar-refractivity contribution in [3.8, 4) is 5.75 Å². The Morgan fingerprint density at radius 3 is 2.43 bits per heavy atom. The van der Waals surface area contributed by atoms with Crippen LogP contribution in [0.3, 0.4) is 0 Å². The van der Waals surface area contributed by atoms with E-state index in [1.165, 1.54) is 0 Å². The van der Waals surface area contributed by atoms with Gasteiger partial charge in [-0.05, 0) is 74.7 Å². The van der Waals surface area contributed by atoms with Gasteiger partial charge in [-0.1, -0.05) is 6.08 Å². The molecule has 150 valence electrons. The van der Waals surface area contributed by atoms with Crippen LogP contribution in [-0.2, 0) is 18.0 Å². The lowest BCUT2D eigenvalue weighted by molar-refractivity contribution is -0.138. The zero-order chi connectivity index (χ0) is 20.7. The Labute approximate surface area is 162 Å². The zero-order valence-electron chi connectivity index (χ0n) is 16.3. The van der Waals surface area contributed by atoms with Crippen LogP contribution in [0, 0.1) is 5.82 Å². The number of hydrogen-bond acceptors (Lipinski definition) is 2. The summed E-state index contributed by atoms with van der Waals surface area (Å²) in [5.41, 5.74) is 1.10. The lowest BCUT2D eigenvalue weighted by Gasteiger charge is -2.31. The van der Waals surface area contributed by atoms with E-state index < -0.39 is 23.0 Å². The number of hydrogen-bond donors (Lipinski definition) is 0. The normalized spacial score (nSPS) is 20.6. The van der Waals surface area contributed by atoms with Crippen LogP contribution in [0.5, 0.6) is 5.75 Å². The van der Waals surface area contributed by atoms with Crippen molar-refractivity contribution in [2.24, 2.45) is 0 Å². The van der Waals surface area contributed by atoms with Crippen LogP contribution in [0.4, 0.5) is 23.2 Å². The van der Waals surface area contributed by atoms with Gasteiger partial charge in [-0.2, -0.15) is 13.2 Å². The number of likely N-dealkylation sites (N-methyl/N-ethyl adjacent to an activating group) is 1. The summed E-state index contributed by atoms with van der Waals surface area (Å²) < 4.78 is 59.8. The molecule has 2 aromatic rings. The molecular weight excluding hydrogens is 370 g/mol. The number of benzene rings is 2. The van der Waals surface area contributed by atoms with Crippen LogP contribution in [0.1, 0.15) is 37.5 Å². The molecule has 0 amide bonds. The van der Waals surface area contributed by atoms with Crippen LogP contribution in [0.15, 0.2) is 48.2 Å². The summed E-state index contributed by atoms with van der Waals surface area (Å²) in [7, 11) is 1.55. The lowest BCUT2D eigenvalue weighted by atomic mass is 9.75. The van der Waals surface area contributed by atoms with Crippen LogP contribution in [-0.4, -0.2) is 13.7 Å². The van der Waals surface area contributed by atoms with Gasteiger partial charge in [0.05, 0.1) is 12.7 Å². The highest BCUT2D eigenvalue weighted by Crippen LogP contribution is 2.51. The van der Waals surface area contributed by atoms with Gasteiger partial charge in [0.25, 0.3) is 0 Å². The minimum Gasteiger partial charge on any atom is -0.497 e. The van der Waals surface area contributed by atoms with Gasteiger partial charge in [0, 0.05) is 23.3 Å². The monoisotopic (exact) mass is 393 g/mol. The quantitative estimate of drug-likeness (QED) is 0.582. The number of fused-ring (bicyclic) bond motifs is 1. The van der Waals surface area contributed by atoms with Gasteiger partial charge in [0.1, 0.15) is 11.6 Å². The Hall–Kier alpha value is -2.50. The van der Waals surface area contributed by atoms with E-state index in [-0.39, 0.29) is 12.0 Å². The first-order valence-electron chi connectivity index (χ1n) is 9.14. The summed E-state index contributed by atoms with van der Waals surface area (Å²) >= 11 is 0. The van der Waals surface area contributed by atoms with E-state index in [9.17, 15) is 17.6 Å². The minimum absolute atomic E-state index is 0.0238. The fourth-order valence-corrected chi connectivity index (χ4v) is 4.25. The first-order valence-corrected chi connectivity index (χ1v) is 9.14. The highest BCUT2D eigenvalue weighted by molar-refractivity contribution is 5.72. The second-order valence-electron chi connectivity index (χ2n) is 7.11. The SMILES string of the molecule is C/C=C1\N(CC)c2ccc(OC)cc2C1(C)Cc1cc(F)ccc1C(F)(F)F. The van der Waals surface area contributed by atoms with Gasteiger partial charge in [0.2, 0.25) is 0 Å². The maximum Gasteiger partial charge on any atom is 0.416 e. The van der Waals surface area contributed by atoms with E-state index in [1.54, 1.807) is 7.11 Å². The molecule has 0 saturated carbocycles. The van der Waals surface area contributed by atoms with E-state index in [2.05, 4.69) is 4.90 Å². The molecule has 1 aliphatic heterocycles. The number of halogens is 4. The fraction of sp³-hybridized carbons (Fsp3) is 0.364. The van der Waals surface area contributed by atoms with Gasteiger partial charge < -0.3 is 9.64 Å². The molecule has 2 aromatic carbocycles. The van der Waals surface area contributed by atoms with Crippen LogP contribution < -0.4 is 9.64 Å². The van der Waals surface area contributed by atoms with Crippen molar-refractivity contribution in [2.75, 3.05) is 18.6 Å². The highest BCUT2D eigenvalue weighted by atomic mass is 19.4. The van der Waals surface area contributed by atoms with E-state index in [0.29, 0.717) is 12.3 Å². The highest BCUT2D eigenvalue weighted by Gasteiger charge is 2.45. The molecule has 1 heterocycles.